The maximum atomic E-state index is 13.2. The van der Waals surface area contributed by atoms with Gasteiger partial charge in [0, 0.05) is 50.3 Å². The van der Waals surface area contributed by atoms with E-state index >= 15 is 0 Å². The maximum Gasteiger partial charge on any atom is 0.303 e. The normalized spacial score (nSPS) is 14.6. The summed E-state index contributed by atoms with van der Waals surface area (Å²) in [4.78, 5) is 29.0. The van der Waals surface area contributed by atoms with E-state index in [1.165, 1.54) is 11.3 Å². The highest BCUT2D eigenvalue weighted by molar-refractivity contribution is 5.96. The average molecular weight is 529 g/mol. The quantitative estimate of drug-likeness (QED) is 0.269. The monoisotopic (exact) mass is 528 g/mol. The minimum atomic E-state index is -0.807. The summed E-state index contributed by atoms with van der Waals surface area (Å²) in [6, 6.07) is 26.3. The third-order valence-corrected chi connectivity index (χ3v) is 7.73. The second-order valence-electron chi connectivity index (χ2n) is 10.4. The number of piperazine rings is 1. The van der Waals surface area contributed by atoms with Gasteiger partial charge < -0.3 is 14.7 Å². The molecule has 6 heteroatoms. The zero-order valence-electron chi connectivity index (χ0n) is 22.9. The number of Topliss-reactive ketones (excluding diaryl/α,β-unsaturated/α-hetero) is 1. The number of anilines is 1. The summed E-state index contributed by atoms with van der Waals surface area (Å²) >= 11 is 0. The first-order valence-corrected chi connectivity index (χ1v) is 14.0. The average Bonchev–Trinajstić information content (AvgIpc) is 2.98. The molecule has 0 bridgehead atoms. The van der Waals surface area contributed by atoms with E-state index < -0.39 is 5.97 Å². The number of carbonyl (C=O) groups is 2. The Morgan fingerprint density at radius 3 is 2.13 bits per heavy atom. The Balaban J connectivity index is 1.31. The summed E-state index contributed by atoms with van der Waals surface area (Å²) in [5.74, 6) is 0.548. The Morgan fingerprint density at radius 1 is 0.821 bits per heavy atom. The fourth-order valence-electron chi connectivity index (χ4n) is 5.24. The Labute approximate surface area is 232 Å². The first-order valence-electron chi connectivity index (χ1n) is 14.0. The number of carboxylic acids is 1. The van der Waals surface area contributed by atoms with E-state index in [1.807, 2.05) is 42.5 Å². The highest BCUT2D eigenvalue weighted by Gasteiger charge is 2.21. The van der Waals surface area contributed by atoms with Gasteiger partial charge in [0.25, 0.3) is 0 Å². The van der Waals surface area contributed by atoms with Gasteiger partial charge in [0.15, 0.2) is 5.78 Å². The Hall–Kier alpha value is -3.64. The second-order valence-corrected chi connectivity index (χ2v) is 10.4. The number of benzene rings is 3. The van der Waals surface area contributed by atoms with Crippen molar-refractivity contribution in [2.24, 2.45) is 5.92 Å². The minimum absolute atomic E-state index is 0.100. The van der Waals surface area contributed by atoms with Gasteiger partial charge in [-0.1, -0.05) is 54.6 Å². The van der Waals surface area contributed by atoms with Crippen molar-refractivity contribution in [3.05, 3.63) is 95.6 Å². The van der Waals surface area contributed by atoms with Crippen molar-refractivity contribution in [3.63, 3.8) is 0 Å². The van der Waals surface area contributed by atoms with Crippen molar-refractivity contribution < 1.29 is 19.4 Å². The van der Waals surface area contributed by atoms with E-state index in [2.05, 4.69) is 46.2 Å². The molecule has 0 saturated carbocycles. The number of hydrogen-bond donors (Lipinski definition) is 1. The van der Waals surface area contributed by atoms with Gasteiger partial charge in [0.05, 0.1) is 7.11 Å². The number of aryl methyl sites for hydroxylation is 2. The number of ether oxygens (including phenoxy) is 1. The molecule has 1 unspecified atom stereocenters. The highest BCUT2D eigenvalue weighted by Crippen LogP contribution is 2.23. The summed E-state index contributed by atoms with van der Waals surface area (Å²) in [5, 5.41) is 8.91. The lowest BCUT2D eigenvalue weighted by molar-refractivity contribution is -0.136. The molecule has 0 aromatic heterocycles. The van der Waals surface area contributed by atoms with Crippen molar-refractivity contribution in [2.45, 2.75) is 38.5 Å². The summed E-state index contributed by atoms with van der Waals surface area (Å²) in [5.41, 5.74) is 4.21. The van der Waals surface area contributed by atoms with Crippen LogP contribution >= 0.6 is 0 Å². The van der Waals surface area contributed by atoms with Gasteiger partial charge in [0.2, 0.25) is 0 Å². The molecule has 206 valence electrons. The van der Waals surface area contributed by atoms with Gasteiger partial charge in [-0.05, 0) is 73.5 Å². The molecule has 4 rings (SSSR count). The molecule has 1 aliphatic heterocycles. The molecule has 1 heterocycles. The van der Waals surface area contributed by atoms with Crippen molar-refractivity contribution in [1.29, 1.82) is 0 Å². The number of rotatable bonds is 14. The van der Waals surface area contributed by atoms with Crippen LogP contribution in [-0.4, -0.2) is 61.6 Å². The van der Waals surface area contributed by atoms with E-state index in [0.717, 1.165) is 63.3 Å². The molecule has 3 aromatic carbocycles. The molecule has 1 fully saturated rings. The van der Waals surface area contributed by atoms with Crippen molar-refractivity contribution in [2.75, 3.05) is 44.7 Å². The van der Waals surface area contributed by atoms with Crippen LogP contribution in [0.15, 0.2) is 78.9 Å². The van der Waals surface area contributed by atoms with Gasteiger partial charge in [-0.3, -0.25) is 14.5 Å². The van der Waals surface area contributed by atoms with E-state index in [0.29, 0.717) is 24.3 Å². The molecule has 1 N–H and O–H groups in total. The molecular weight excluding hydrogens is 488 g/mol. The standard InChI is InChI=1S/C33H40N2O4/c1-39-31-16-14-30(15-17-31)35-23-21-34(22-24-35)20-19-28(8-7-26-5-3-2-4-6-26)25-32(36)29-12-9-27(10-13-29)11-18-33(37)38/h2-6,9-10,12-17,28H,7-8,11,18-25H2,1H3,(H,37,38). The number of methoxy groups -OCH3 is 1. The number of carboxylic acid groups (broad SMARTS) is 1. The largest absolute Gasteiger partial charge is 0.497 e. The van der Waals surface area contributed by atoms with E-state index in [4.69, 9.17) is 9.84 Å². The third-order valence-electron chi connectivity index (χ3n) is 7.73. The second kappa shape index (κ2) is 14.5. The summed E-state index contributed by atoms with van der Waals surface area (Å²) in [6.45, 7) is 5.02. The first kappa shape index (κ1) is 28.4. The van der Waals surface area contributed by atoms with Gasteiger partial charge >= 0.3 is 5.97 Å². The van der Waals surface area contributed by atoms with Gasteiger partial charge in [-0.2, -0.15) is 0 Å². The molecule has 0 aliphatic carbocycles. The smallest absolute Gasteiger partial charge is 0.303 e. The molecule has 0 spiro atoms. The van der Waals surface area contributed by atoms with Crippen LogP contribution in [0.25, 0.3) is 0 Å². The molecule has 1 atom stereocenters. The summed E-state index contributed by atoms with van der Waals surface area (Å²) in [6.07, 6.45) is 4.07. The van der Waals surface area contributed by atoms with Gasteiger partial charge in [-0.15, -0.1) is 0 Å². The summed E-state index contributed by atoms with van der Waals surface area (Å²) < 4.78 is 5.28. The van der Waals surface area contributed by atoms with Crippen LogP contribution in [0.3, 0.4) is 0 Å². The zero-order chi connectivity index (χ0) is 27.5. The Morgan fingerprint density at radius 2 is 1.49 bits per heavy atom. The Kier molecular flexibility index (Phi) is 10.5. The summed E-state index contributed by atoms with van der Waals surface area (Å²) in [7, 11) is 1.69. The lowest BCUT2D eigenvalue weighted by atomic mass is 9.89. The van der Waals surface area contributed by atoms with Crippen LogP contribution in [0.2, 0.25) is 0 Å². The van der Waals surface area contributed by atoms with Crippen molar-refractivity contribution in [1.82, 2.24) is 4.90 Å². The Bertz CT molecular complexity index is 1170. The van der Waals surface area contributed by atoms with E-state index in [1.54, 1.807) is 7.11 Å². The maximum absolute atomic E-state index is 13.2. The van der Waals surface area contributed by atoms with E-state index in [9.17, 15) is 9.59 Å². The van der Waals surface area contributed by atoms with Crippen LogP contribution in [0, 0.1) is 5.92 Å². The van der Waals surface area contributed by atoms with E-state index in [-0.39, 0.29) is 12.2 Å². The molecule has 39 heavy (non-hydrogen) atoms. The van der Waals surface area contributed by atoms with Gasteiger partial charge in [-0.25, -0.2) is 0 Å². The van der Waals surface area contributed by atoms with Crippen LogP contribution in [0.5, 0.6) is 5.75 Å². The van der Waals surface area contributed by atoms with Crippen LogP contribution in [-0.2, 0) is 17.6 Å². The predicted molar refractivity (Wildman–Crippen MR) is 156 cm³/mol. The molecule has 1 aliphatic rings. The lowest BCUT2D eigenvalue weighted by Gasteiger charge is -2.36. The fraction of sp³-hybridized carbons (Fsp3) is 0.394. The minimum Gasteiger partial charge on any atom is -0.497 e. The molecule has 1 saturated heterocycles. The molecule has 3 aromatic rings. The van der Waals surface area contributed by atoms with Crippen LogP contribution < -0.4 is 9.64 Å². The molecule has 0 radical (unpaired) electrons. The number of nitrogens with zero attached hydrogens (tertiary/aromatic N) is 2. The SMILES string of the molecule is COc1ccc(N2CCN(CCC(CCc3ccccc3)CC(=O)c3ccc(CCC(=O)O)cc3)CC2)cc1. The predicted octanol–water partition coefficient (Wildman–Crippen LogP) is 5.75. The highest BCUT2D eigenvalue weighted by atomic mass is 16.5. The van der Waals surface area contributed by atoms with Crippen molar-refractivity contribution in [3.8, 4) is 5.75 Å². The number of aliphatic carboxylic acids is 1. The van der Waals surface area contributed by atoms with Crippen LogP contribution in [0.4, 0.5) is 5.69 Å². The number of carbonyl (C=O) groups excluding carboxylic acids is 1. The first-order chi connectivity index (χ1) is 19.0. The third kappa shape index (κ3) is 8.96. The van der Waals surface area contributed by atoms with Crippen molar-refractivity contribution >= 4 is 17.4 Å². The zero-order valence-corrected chi connectivity index (χ0v) is 22.9. The molecular formula is C33H40N2O4. The number of ketones is 1. The number of hydrogen-bond acceptors (Lipinski definition) is 5. The van der Waals surface area contributed by atoms with Crippen LogP contribution in [0.1, 0.15) is 47.2 Å². The fourth-order valence-corrected chi connectivity index (χ4v) is 5.24. The lowest BCUT2D eigenvalue weighted by Crippen LogP contribution is -2.46. The topological polar surface area (TPSA) is 70.1 Å². The van der Waals surface area contributed by atoms with Gasteiger partial charge in [0.1, 0.15) is 5.75 Å². The molecule has 0 amide bonds. The molecule has 6 nitrogen and oxygen atoms in total.